The highest BCUT2D eigenvalue weighted by molar-refractivity contribution is 5.76. The van der Waals surface area contributed by atoms with Crippen LogP contribution in [0.3, 0.4) is 0 Å². The Kier molecular flexibility index (Phi) is 4.61. The van der Waals surface area contributed by atoms with E-state index in [0.717, 1.165) is 37.3 Å². The van der Waals surface area contributed by atoms with E-state index in [1.165, 1.54) is 13.2 Å². The van der Waals surface area contributed by atoms with Crippen LogP contribution in [0.4, 0.5) is 4.39 Å². The predicted molar refractivity (Wildman–Crippen MR) is 85.4 cm³/mol. The summed E-state index contributed by atoms with van der Waals surface area (Å²) in [4.78, 5) is 18.5. The van der Waals surface area contributed by atoms with Crippen LogP contribution in [-0.2, 0) is 22.6 Å². The molecule has 0 bridgehead atoms. The van der Waals surface area contributed by atoms with Crippen molar-refractivity contribution >= 4 is 17.0 Å². The number of imidazole rings is 1. The number of halogens is 1. The van der Waals surface area contributed by atoms with Gasteiger partial charge in [-0.1, -0.05) is 6.07 Å². The number of rotatable bonds is 4. The number of likely N-dealkylation sites (tertiary alicyclic amines) is 1. The minimum Gasteiger partial charge on any atom is -0.469 e. The van der Waals surface area contributed by atoms with Crippen molar-refractivity contribution in [2.24, 2.45) is 5.92 Å². The second kappa shape index (κ2) is 6.66. The lowest BCUT2D eigenvalue weighted by Crippen LogP contribution is -2.39. The number of fused-ring (bicyclic) bond motifs is 1. The molecule has 1 unspecified atom stereocenters. The minimum atomic E-state index is -0.290. The second-order valence-corrected chi connectivity index (χ2v) is 5.98. The third kappa shape index (κ3) is 3.08. The number of ether oxygens (including phenoxy) is 1. The predicted octanol–water partition coefficient (Wildman–Crippen LogP) is 2.58. The molecule has 2 aromatic rings. The number of carbonyl (C=O) groups is 1. The Balaban J connectivity index is 1.83. The number of hydrogen-bond acceptors (Lipinski definition) is 4. The number of hydrogen-bond donors (Lipinski definition) is 0. The van der Waals surface area contributed by atoms with E-state index in [1.54, 1.807) is 6.07 Å². The summed E-state index contributed by atoms with van der Waals surface area (Å²) in [6.07, 6.45) is 1.82. The van der Waals surface area contributed by atoms with Crippen molar-refractivity contribution in [3.8, 4) is 0 Å². The Labute approximate surface area is 135 Å². The summed E-state index contributed by atoms with van der Waals surface area (Å²) in [7, 11) is 1.43. The van der Waals surface area contributed by atoms with Gasteiger partial charge in [0.1, 0.15) is 11.3 Å². The number of para-hydroxylation sites is 1. The van der Waals surface area contributed by atoms with E-state index in [4.69, 9.17) is 4.74 Å². The molecule has 23 heavy (non-hydrogen) atoms. The second-order valence-electron chi connectivity index (χ2n) is 5.98. The van der Waals surface area contributed by atoms with Gasteiger partial charge in [0.05, 0.1) is 25.1 Å². The molecule has 0 N–H and O–H groups in total. The summed E-state index contributed by atoms with van der Waals surface area (Å²) < 4.78 is 20.9. The van der Waals surface area contributed by atoms with Crippen LogP contribution in [0.5, 0.6) is 0 Å². The van der Waals surface area contributed by atoms with E-state index < -0.39 is 0 Å². The summed E-state index contributed by atoms with van der Waals surface area (Å²) in [5.41, 5.74) is 1.25. The summed E-state index contributed by atoms with van der Waals surface area (Å²) in [6, 6.07) is 5.04. The van der Waals surface area contributed by atoms with Crippen molar-refractivity contribution in [2.45, 2.75) is 32.9 Å². The van der Waals surface area contributed by atoms with E-state index in [-0.39, 0.29) is 17.7 Å². The molecule has 0 spiro atoms. The van der Waals surface area contributed by atoms with Crippen molar-refractivity contribution in [1.82, 2.24) is 14.5 Å². The third-order valence-electron chi connectivity index (χ3n) is 4.53. The van der Waals surface area contributed by atoms with Crippen LogP contribution in [-0.4, -0.2) is 40.6 Å². The Morgan fingerprint density at radius 2 is 2.30 bits per heavy atom. The molecule has 0 radical (unpaired) electrons. The topological polar surface area (TPSA) is 47.4 Å². The quantitative estimate of drug-likeness (QED) is 0.813. The lowest BCUT2D eigenvalue weighted by molar-refractivity contribution is -0.147. The van der Waals surface area contributed by atoms with Crippen molar-refractivity contribution in [1.29, 1.82) is 0 Å². The fourth-order valence-corrected chi connectivity index (χ4v) is 3.39. The van der Waals surface area contributed by atoms with Gasteiger partial charge in [-0.15, -0.1) is 0 Å². The number of piperidine rings is 1. The van der Waals surface area contributed by atoms with Gasteiger partial charge >= 0.3 is 5.97 Å². The standard InChI is InChI=1S/C17H22FN3O2/c1-3-21-14-8-4-7-13(18)16(14)19-15(21)11-20-9-5-6-12(10-20)17(22)23-2/h4,7-8,12H,3,5-6,9-11H2,1-2H3. The fraction of sp³-hybridized carbons (Fsp3) is 0.529. The highest BCUT2D eigenvalue weighted by Crippen LogP contribution is 2.23. The van der Waals surface area contributed by atoms with Crippen LogP contribution in [0.25, 0.3) is 11.0 Å². The Hall–Kier alpha value is -1.95. The van der Waals surface area contributed by atoms with Gasteiger partial charge in [0.15, 0.2) is 5.82 Å². The molecule has 0 aliphatic carbocycles. The zero-order valence-electron chi connectivity index (χ0n) is 13.6. The minimum absolute atomic E-state index is 0.0788. The molecule has 1 aliphatic heterocycles. The van der Waals surface area contributed by atoms with Crippen LogP contribution in [0, 0.1) is 11.7 Å². The number of benzene rings is 1. The molecule has 1 saturated heterocycles. The van der Waals surface area contributed by atoms with Crippen LogP contribution >= 0.6 is 0 Å². The first-order valence-corrected chi connectivity index (χ1v) is 8.07. The first-order chi connectivity index (χ1) is 11.1. The van der Waals surface area contributed by atoms with Crippen molar-refractivity contribution < 1.29 is 13.9 Å². The summed E-state index contributed by atoms with van der Waals surface area (Å²) in [5, 5.41) is 0. The average molecular weight is 319 g/mol. The molecule has 124 valence electrons. The lowest BCUT2D eigenvalue weighted by Gasteiger charge is -2.31. The number of esters is 1. The van der Waals surface area contributed by atoms with E-state index in [1.807, 2.05) is 17.6 Å². The largest absolute Gasteiger partial charge is 0.469 e. The van der Waals surface area contributed by atoms with E-state index in [0.29, 0.717) is 18.6 Å². The first-order valence-electron chi connectivity index (χ1n) is 8.07. The van der Waals surface area contributed by atoms with Gasteiger partial charge in [-0.05, 0) is 38.4 Å². The number of aryl methyl sites for hydroxylation is 1. The summed E-state index contributed by atoms with van der Waals surface area (Å²) in [6.45, 7) is 4.98. The van der Waals surface area contributed by atoms with Crippen LogP contribution in [0.1, 0.15) is 25.6 Å². The van der Waals surface area contributed by atoms with Gasteiger partial charge in [0, 0.05) is 13.1 Å². The van der Waals surface area contributed by atoms with Gasteiger partial charge in [-0.3, -0.25) is 9.69 Å². The zero-order valence-corrected chi connectivity index (χ0v) is 13.6. The molecule has 1 aromatic heterocycles. The third-order valence-corrected chi connectivity index (χ3v) is 4.53. The maximum absolute atomic E-state index is 14.0. The van der Waals surface area contributed by atoms with Gasteiger partial charge < -0.3 is 9.30 Å². The maximum atomic E-state index is 14.0. The van der Waals surface area contributed by atoms with Crippen molar-refractivity contribution in [3.63, 3.8) is 0 Å². The monoisotopic (exact) mass is 319 g/mol. The van der Waals surface area contributed by atoms with Gasteiger partial charge in [-0.25, -0.2) is 9.37 Å². The highest BCUT2D eigenvalue weighted by atomic mass is 19.1. The number of aromatic nitrogens is 2. The van der Waals surface area contributed by atoms with E-state index >= 15 is 0 Å². The summed E-state index contributed by atoms with van der Waals surface area (Å²) in [5.74, 6) is 0.329. The van der Waals surface area contributed by atoms with Crippen LogP contribution in [0.2, 0.25) is 0 Å². The van der Waals surface area contributed by atoms with Gasteiger partial charge in [-0.2, -0.15) is 0 Å². The maximum Gasteiger partial charge on any atom is 0.309 e. The molecule has 2 heterocycles. The van der Waals surface area contributed by atoms with Crippen molar-refractivity contribution in [3.05, 3.63) is 29.8 Å². The summed E-state index contributed by atoms with van der Waals surface area (Å²) >= 11 is 0. The number of nitrogens with zero attached hydrogens (tertiary/aromatic N) is 3. The fourth-order valence-electron chi connectivity index (χ4n) is 3.39. The van der Waals surface area contributed by atoms with Crippen LogP contribution < -0.4 is 0 Å². The molecule has 1 fully saturated rings. The lowest BCUT2D eigenvalue weighted by atomic mass is 9.98. The average Bonchev–Trinajstić information content (AvgIpc) is 2.93. The molecule has 0 amide bonds. The highest BCUT2D eigenvalue weighted by Gasteiger charge is 2.27. The molecule has 5 nitrogen and oxygen atoms in total. The molecule has 1 aromatic carbocycles. The molecular weight excluding hydrogens is 297 g/mol. The SMILES string of the molecule is CCn1c(CN2CCCC(C(=O)OC)C2)nc2c(F)cccc21. The van der Waals surface area contributed by atoms with Gasteiger partial charge in [0.2, 0.25) is 0 Å². The number of methoxy groups -OCH3 is 1. The number of carbonyl (C=O) groups excluding carboxylic acids is 1. The molecule has 1 atom stereocenters. The zero-order chi connectivity index (χ0) is 16.4. The van der Waals surface area contributed by atoms with Gasteiger partial charge in [0.25, 0.3) is 0 Å². The van der Waals surface area contributed by atoms with Crippen LogP contribution in [0.15, 0.2) is 18.2 Å². The smallest absolute Gasteiger partial charge is 0.309 e. The Bertz CT molecular complexity index is 713. The normalized spacial score (nSPS) is 19.2. The van der Waals surface area contributed by atoms with E-state index in [2.05, 4.69) is 9.88 Å². The molecule has 1 aliphatic rings. The van der Waals surface area contributed by atoms with E-state index in [9.17, 15) is 9.18 Å². The Morgan fingerprint density at radius 1 is 1.48 bits per heavy atom. The first kappa shape index (κ1) is 15.9. The van der Waals surface area contributed by atoms with Crippen molar-refractivity contribution in [2.75, 3.05) is 20.2 Å². The molecule has 6 heteroatoms. The molecular formula is C17H22FN3O2. The molecule has 0 saturated carbocycles. The Morgan fingerprint density at radius 3 is 3.04 bits per heavy atom. The molecule has 3 rings (SSSR count).